The van der Waals surface area contributed by atoms with Crippen LogP contribution in [0.3, 0.4) is 0 Å². The average Bonchev–Trinajstić information content (AvgIpc) is 3.01. The van der Waals surface area contributed by atoms with Crippen molar-refractivity contribution in [1.29, 1.82) is 0 Å². The summed E-state index contributed by atoms with van der Waals surface area (Å²) in [4.78, 5) is 12.0. The minimum Gasteiger partial charge on any atom is -0.352 e. The topological polar surface area (TPSA) is 29.1 Å². The summed E-state index contributed by atoms with van der Waals surface area (Å²) in [6.45, 7) is 0. The maximum absolute atomic E-state index is 12.0. The smallest absolute Gasteiger partial charge is 0.234 e. The fourth-order valence-corrected chi connectivity index (χ4v) is 3.53. The lowest BCUT2D eigenvalue weighted by Crippen LogP contribution is -2.33. The van der Waals surface area contributed by atoms with Crippen LogP contribution in [-0.2, 0) is 4.79 Å². The molecule has 3 rings (SSSR count). The SMILES string of the molecule is O=C(NC1CC1c1ccccc1)C1CC=C(Cl)S1. The van der Waals surface area contributed by atoms with Crippen LogP contribution in [0.15, 0.2) is 40.8 Å². The van der Waals surface area contributed by atoms with Crippen molar-refractivity contribution in [1.82, 2.24) is 5.32 Å². The molecule has 2 aliphatic rings. The van der Waals surface area contributed by atoms with Crippen LogP contribution in [0.2, 0.25) is 0 Å². The van der Waals surface area contributed by atoms with Gasteiger partial charge >= 0.3 is 0 Å². The summed E-state index contributed by atoms with van der Waals surface area (Å²) in [6, 6.07) is 10.7. The van der Waals surface area contributed by atoms with Gasteiger partial charge in [-0.05, 0) is 18.4 Å². The zero-order chi connectivity index (χ0) is 12.5. The van der Waals surface area contributed by atoms with Gasteiger partial charge in [0.1, 0.15) is 0 Å². The zero-order valence-corrected chi connectivity index (χ0v) is 11.4. The summed E-state index contributed by atoms with van der Waals surface area (Å²) in [5.41, 5.74) is 1.32. The second-order valence-electron chi connectivity index (χ2n) is 4.72. The summed E-state index contributed by atoms with van der Waals surface area (Å²) < 4.78 is 0.741. The molecular formula is C14H14ClNOS. The number of halogens is 1. The van der Waals surface area contributed by atoms with Crippen LogP contribution >= 0.6 is 23.4 Å². The molecule has 0 aromatic heterocycles. The number of carbonyl (C=O) groups excluding carboxylic acids is 1. The monoisotopic (exact) mass is 279 g/mol. The molecular weight excluding hydrogens is 266 g/mol. The fraction of sp³-hybridized carbons (Fsp3) is 0.357. The number of hydrogen-bond acceptors (Lipinski definition) is 2. The standard InChI is InChI=1S/C14H14ClNOS/c15-13-7-6-12(18-13)14(17)16-11-8-10(11)9-4-2-1-3-5-9/h1-5,7,10-12H,6,8H2,(H,16,17). The third-order valence-electron chi connectivity index (χ3n) is 3.39. The van der Waals surface area contributed by atoms with Gasteiger partial charge in [0.15, 0.2) is 0 Å². The van der Waals surface area contributed by atoms with Gasteiger partial charge in [-0.15, -0.1) is 11.8 Å². The molecule has 4 heteroatoms. The first kappa shape index (κ1) is 12.1. The average molecular weight is 280 g/mol. The lowest BCUT2D eigenvalue weighted by atomic mass is 10.1. The van der Waals surface area contributed by atoms with Crippen molar-refractivity contribution in [2.24, 2.45) is 0 Å². The molecule has 0 radical (unpaired) electrons. The second kappa shape index (κ2) is 4.98. The van der Waals surface area contributed by atoms with Gasteiger partial charge in [-0.2, -0.15) is 0 Å². The number of benzene rings is 1. The first-order valence-corrected chi connectivity index (χ1v) is 7.37. The number of rotatable bonds is 3. The van der Waals surface area contributed by atoms with Crippen molar-refractivity contribution in [2.75, 3.05) is 0 Å². The Labute approximate surface area is 116 Å². The Balaban J connectivity index is 1.53. The minimum absolute atomic E-state index is 0.0328. The number of nitrogens with one attached hydrogen (secondary N) is 1. The van der Waals surface area contributed by atoms with E-state index in [9.17, 15) is 4.79 Å². The maximum atomic E-state index is 12.0. The molecule has 1 aromatic rings. The van der Waals surface area contributed by atoms with Crippen molar-refractivity contribution in [2.45, 2.75) is 30.1 Å². The quantitative estimate of drug-likeness (QED) is 0.920. The predicted octanol–water partition coefficient (Wildman–Crippen LogP) is 3.24. The lowest BCUT2D eigenvalue weighted by Gasteiger charge is -2.10. The van der Waals surface area contributed by atoms with E-state index in [4.69, 9.17) is 11.6 Å². The Bertz CT molecular complexity index is 488. The molecule has 1 heterocycles. The Morgan fingerprint density at radius 1 is 1.33 bits per heavy atom. The third kappa shape index (κ3) is 2.57. The number of thioether (sulfide) groups is 1. The highest BCUT2D eigenvalue weighted by molar-refractivity contribution is 8.06. The fourth-order valence-electron chi connectivity index (χ4n) is 2.29. The summed E-state index contributed by atoms with van der Waals surface area (Å²) in [5.74, 6) is 0.611. The maximum Gasteiger partial charge on any atom is 0.234 e. The van der Waals surface area contributed by atoms with Gasteiger partial charge < -0.3 is 5.32 Å². The molecule has 1 saturated carbocycles. The van der Waals surface area contributed by atoms with Crippen LogP contribution in [0.1, 0.15) is 24.3 Å². The summed E-state index contributed by atoms with van der Waals surface area (Å²) >= 11 is 7.33. The van der Waals surface area contributed by atoms with Gasteiger partial charge in [0.2, 0.25) is 5.91 Å². The molecule has 0 bridgehead atoms. The molecule has 94 valence electrons. The van der Waals surface area contributed by atoms with Gasteiger partial charge in [0.25, 0.3) is 0 Å². The second-order valence-corrected chi connectivity index (χ2v) is 6.59. The Morgan fingerprint density at radius 2 is 2.11 bits per heavy atom. The molecule has 0 spiro atoms. The van der Waals surface area contributed by atoms with Crippen molar-refractivity contribution in [3.05, 3.63) is 46.3 Å². The van der Waals surface area contributed by atoms with E-state index in [2.05, 4.69) is 17.4 Å². The molecule has 1 aliphatic heterocycles. The van der Waals surface area contributed by atoms with Crippen molar-refractivity contribution in [3.63, 3.8) is 0 Å². The van der Waals surface area contributed by atoms with Crippen LogP contribution in [0, 0.1) is 0 Å². The Hall–Kier alpha value is -0.930. The van der Waals surface area contributed by atoms with Crippen LogP contribution in [0.5, 0.6) is 0 Å². The van der Waals surface area contributed by atoms with E-state index in [1.807, 2.05) is 24.3 Å². The predicted molar refractivity (Wildman–Crippen MR) is 75.7 cm³/mol. The van der Waals surface area contributed by atoms with E-state index < -0.39 is 0 Å². The van der Waals surface area contributed by atoms with Crippen molar-refractivity contribution in [3.8, 4) is 0 Å². The van der Waals surface area contributed by atoms with Crippen LogP contribution in [-0.4, -0.2) is 17.2 Å². The number of allylic oxidation sites excluding steroid dienone is 1. The van der Waals surface area contributed by atoms with Gasteiger partial charge in [-0.25, -0.2) is 0 Å². The molecule has 18 heavy (non-hydrogen) atoms. The molecule has 1 amide bonds. The highest BCUT2D eigenvalue weighted by atomic mass is 35.5. The van der Waals surface area contributed by atoms with Gasteiger partial charge in [-0.1, -0.05) is 48.0 Å². The van der Waals surface area contributed by atoms with E-state index >= 15 is 0 Å². The molecule has 3 atom stereocenters. The normalized spacial score (nSPS) is 29.8. The minimum atomic E-state index is -0.0328. The molecule has 0 saturated heterocycles. The van der Waals surface area contributed by atoms with Crippen molar-refractivity contribution >= 4 is 29.3 Å². The molecule has 2 nitrogen and oxygen atoms in total. The molecule has 1 N–H and O–H groups in total. The Morgan fingerprint density at radius 3 is 2.78 bits per heavy atom. The van der Waals surface area contributed by atoms with E-state index in [0.29, 0.717) is 12.0 Å². The van der Waals surface area contributed by atoms with Crippen LogP contribution in [0.4, 0.5) is 0 Å². The summed E-state index contributed by atoms with van der Waals surface area (Å²) in [6.07, 6.45) is 3.71. The summed E-state index contributed by atoms with van der Waals surface area (Å²) in [7, 11) is 0. The van der Waals surface area contributed by atoms with E-state index in [1.54, 1.807) is 0 Å². The zero-order valence-electron chi connectivity index (χ0n) is 9.80. The first-order valence-electron chi connectivity index (χ1n) is 6.11. The van der Waals surface area contributed by atoms with Gasteiger partial charge in [0.05, 0.1) is 9.61 Å². The number of carbonyl (C=O) groups is 1. The van der Waals surface area contributed by atoms with Gasteiger partial charge in [0, 0.05) is 12.0 Å². The number of amides is 1. The highest BCUT2D eigenvalue weighted by Crippen LogP contribution is 2.41. The molecule has 3 unspecified atom stereocenters. The highest BCUT2D eigenvalue weighted by Gasteiger charge is 2.40. The van der Waals surface area contributed by atoms with Gasteiger partial charge in [-0.3, -0.25) is 4.79 Å². The number of hydrogen-bond donors (Lipinski definition) is 1. The van der Waals surface area contributed by atoms with E-state index in [-0.39, 0.29) is 11.2 Å². The largest absolute Gasteiger partial charge is 0.352 e. The van der Waals surface area contributed by atoms with Crippen molar-refractivity contribution < 1.29 is 4.79 Å². The Kier molecular flexibility index (Phi) is 3.35. The molecule has 1 fully saturated rings. The van der Waals surface area contributed by atoms with Crippen LogP contribution in [0.25, 0.3) is 0 Å². The molecule has 1 aliphatic carbocycles. The van der Waals surface area contributed by atoms with Crippen LogP contribution < -0.4 is 5.32 Å². The molecule has 1 aromatic carbocycles. The van der Waals surface area contributed by atoms with E-state index in [1.165, 1.54) is 17.3 Å². The van der Waals surface area contributed by atoms with E-state index in [0.717, 1.165) is 17.2 Å². The lowest BCUT2D eigenvalue weighted by molar-refractivity contribution is -0.120. The third-order valence-corrected chi connectivity index (χ3v) is 4.89. The first-order chi connectivity index (χ1) is 8.74. The summed E-state index contributed by atoms with van der Waals surface area (Å²) in [5, 5.41) is 3.08.